The number of rotatable bonds is 7. The van der Waals surface area contributed by atoms with Crippen LogP contribution in [0.15, 0.2) is 48.4 Å². The molecule has 1 saturated heterocycles. The first-order valence-electron chi connectivity index (χ1n) is 11.9. The Morgan fingerprint density at radius 1 is 1.11 bits per heavy atom. The highest BCUT2D eigenvalue weighted by molar-refractivity contribution is 7.18. The molecule has 1 fully saturated rings. The van der Waals surface area contributed by atoms with Crippen molar-refractivity contribution in [1.82, 2.24) is 25.0 Å². The van der Waals surface area contributed by atoms with Gasteiger partial charge in [-0.25, -0.2) is 25.0 Å². The second kappa shape index (κ2) is 10.5. The lowest BCUT2D eigenvalue weighted by Crippen LogP contribution is -2.39. The van der Waals surface area contributed by atoms with E-state index in [4.69, 9.17) is 9.57 Å². The van der Waals surface area contributed by atoms with Gasteiger partial charge in [-0.3, -0.25) is 9.63 Å². The van der Waals surface area contributed by atoms with Crippen molar-refractivity contribution in [2.75, 3.05) is 32.1 Å². The van der Waals surface area contributed by atoms with Gasteiger partial charge in [0.1, 0.15) is 17.1 Å². The molecule has 10 heteroatoms. The van der Waals surface area contributed by atoms with E-state index in [9.17, 15) is 4.79 Å². The zero-order valence-corrected chi connectivity index (χ0v) is 21.4. The molecule has 1 aliphatic rings. The number of hydrogen-bond acceptors (Lipinski definition) is 9. The van der Waals surface area contributed by atoms with Crippen LogP contribution in [-0.2, 0) is 11.3 Å². The van der Waals surface area contributed by atoms with Crippen molar-refractivity contribution in [3.05, 3.63) is 59.5 Å². The molecule has 9 nitrogen and oxygen atoms in total. The molecule has 186 valence electrons. The highest BCUT2D eigenvalue weighted by atomic mass is 32.1. The summed E-state index contributed by atoms with van der Waals surface area (Å²) in [4.78, 5) is 37.5. The Balaban J connectivity index is 1.28. The second-order valence-electron chi connectivity index (χ2n) is 8.62. The van der Waals surface area contributed by atoms with Gasteiger partial charge in [0.15, 0.2) is 0 Å². The molecule has 0 atom stereocenters. The van der Waals surface area contributed by atoms with Crippen LogP contribution >= 0.6 is 11.3 Å². The molecular weight excluding hydrogens is 476 g/mol. The molecular formula is C26H28N6O3S. The molecule has 1 aromatic carbocycles. The largest absolute Gasteiger partial charge is 0.473 e. The smallest absolute Gasteiger partial charge is 0.277 e. The maximum Gasteiger partial charge on any atom is 0.277 e. The summed E-state index contributed by atoms with van der Waals surface area (Å²) in [5.74, 6) is 1.19. The number of nitrogens with zero attached hydrogens (tertiary/aromatic N) is 6. The van der Waals surface area contributed by atoms with Gasteiger partial charge in [0, 0.05) is 61.9 Å². The number of piperidine rings is 1. The van der Waals surface area contributed by atoms with E-state index < -0.39 is 0 Å². The Morgan fingerprint density at radius 3 is 2.50 bits per heavy atom. The number of ether oxygens (including phenoxy) is 1. The van der Waals surface area contributed by atoms with Crippen molar-refractivity contribution in [3.8, 4) is 17.0 Å². The second-order valence-corrected chi connectivity index (χ2v) is 9.50. The molecule has 0 bridgehead atoms. The highest BCUT2D eigenvalue weighted by Gasteiger charge is 2.24. The van der Waals surface area contributed by atoms with E-state index in [1.807, 2.05) is 24.5 Å². The number of anilines is 1. The Kier molecular flexibility index (Phi) is 7.06. The number of fused-ring (bicyclic) bond motifs is 1. The minimum absolute atomic E-state index is 0.0721. The number of thiophene rings is 1. The van der Waals surface area contributed by atoms with Gasteiger partial charge in [0.2, 0.25) is 11.8 Å². The summed E-state index contributed by atoms with van der Waals surface area (Å²) in [5, 5.41) is 3.26. The van der Waals surface area contributed by atoms with Crippen LogP contribution in [0.4, 0.5) is 5.95 Å². The summed E-state index contributed by atoms with van der Waals surface area (Å²) in [6.07, 6.45) is 8.11. The predicted octanol–water partition coefficient (Wildman–Crippen LogP) is 4.39. The number of hydroxylamine groups is 2. The average Bonchev–Trinajstić information content (AvgIpc) is 3.38. The van der Waals surface area contributed by atoms with Crippen LogP contribution in [0.5, 0.6) is 5.88 Å². The summed E-state index contributed by atoms with van der Waals surface area (Å²) in [6, 6.07) is 7.43. The van der Waals surface area contributed by atoms with E-state index >= 15 is 0 Å². The van der Waals surface area contributed by atoms with Crippen molar-refractivity contribution in [2.24, 2.45) is 0 Å². The molecule has 0 aliphatic carbocycles. The summed E-state index contributed by atoms with van der Waals surface area (Å²) in [7, 11) is 3.05. The SMILES string of the molecule is CCc1cnc(N2CCC(Oc3ncnc4c(-c5ccc(C(=O)N(C)OC)cc5)csc34)CC2)nc1. The maximum atomic E-state index is 12.3. The molecule has 1 amide bonds. The number of benzene rings is 1. The van der Waals surface area contributed by atoms with E-state index in [0.717, 1.165) is 65.2 Å². The van der Waals surface area contributed by atoms with Gasteiger partial charge in [0.25, 0.3) is 5.91 Å². The molecule has 0 spiro atoms. The number of hydrogen-bond donors (Lipinski definition) is 0. The van der Waals surface area contributed by atoms with Gasteiger partial charge in [-0.15, -0.1) is 11.3 Å². The molecule has 0 saturated carbocycles. The first-order valence-corrected chi connectivity index (χ1v) is 12.8. The molecule has 4 heterocycles. The van der Waals surface area contributed by atoms with Crippen molar-refractivity contribution in [2.45, 2.75) is 32.3 Å². The van der Waals surface area contributed by atoms with E-state index in [1.165, 1.54) is 12.2 Å². The summed E-state index contributed by atoms with van der Waals surface area (Å²) < 4.78 is 7.28. The quantitative estimate of drug-likeness (QED) is 0.342. The summed E-state index contributed by atoms with van der Waals surface area (Å²) in [5.41, 5.74) is 4.51. The molecule has 0 N–H and O–H groups in total. The van der Waals surface area contributed by atoms with Crippen LogP contribution in [-0.4, -0.2) is 64.3 Å². The third-order valence-electron chi connectivity index (χ3n) is 6.43. The van der Waals surface area contributed by atoms with Crippen LogP contribution < -0.4 is 9.64 Å². The summed E-state index contributed by atoms with van der Waals surface area (Å²) >= 11 is 1.57. The minimum Gasteiger partial charge on any atom is -0.473 e. The number of aromatic nitrogens is 4. The van der Waals surface area contributed by atoms with Gasteiger partial charge < -0.3 is 9.64 Å². The van der Waals surface area contributed by atoms with Crippen LogP contribution in [0.2, 0.25) is 0 Å². The van der Waals surface area contributed by atoms with Crippen LogP contribution in [0, 0.1) is 0 Å². The topological polar surface area (TPSA) is 93.6 Å². The zero-order chi connectivity index (χ0) is 25.1. The Labute approximate surface area is 213 Å². The van der Waals surface area contributed by atoms with Crippen LogP contribution in [0.3, 0.4) is 0 Å². The normalized spacial score (nSPS) is 14.2. The minimum atomic E-state index is -0.201. The van der Waals surface area contributed by atoms with Crippen LogP contribution in [0.1, 0.15) is 35.7 Å². The number of amides is 1. The number of carbonyl (C=O) groups is 1. The fraction of sp³-hybridized carbons (Fsp3) is 0.346. The van der Waals surface area contributed by atoms with Crippen LogP contribution in [0.25, 0.3) is 21.3 Å². The van der Waals surface area contributed by atoms with Gasteiger partial charge in [-0.2, -0.15) is 0 Å². The maximum absolute atomic E-state index is 12.3. The van der Waals surface area contributed by atoms with Crippen molar-refractivity contribution in [3.63, 3.8) is 0 Å². The third kappa shape index (κ3) is 4.87. The summed E-state index contributed by atoms with van der Waals surface area (Å²) in [6.45, 7) is 3.77. The lowest BCUT2D eigenvalue weighted by Gasteiger charge is -2.31. The van der Waals surface area contributed by atoms with Crippen molar-refractivity contribution in [1.29, 1.82) is 0 Å². The third-order valence-corrected chi connectivity index (χ3v) is 7.38. The number of carbonyl (C=O) groups excluding carboxylic acids is 1. The molecule has 1 aliphatic heterocycles. The molecule has 3 aromatic heterocycles. The van der Waals surface area contributed by atoms with E-state index in [2.05, 4.69) is 37.1 Å². The Hall–Kier alpha value is -3.63. The highest BCUT2D eigenvalue weighted by Crippen LogP contribution is 2.37. The van der Waals surface area contributed by atoms with E-state index in [0.29, 0.717) is 11.4 Å². The lowest BCUT2D eigenvalue weighted by molar-refractivity contribution is -0.0756. The van der Waals surface area contributed by atoms with Gasteiger partial charge >= 0.3 is 0 Å². The number of aryl methyl sites for hydroxylation is 1. The standard InChI is InChI=1S/C26H28N6O3S/c1-4-17-13-27-26(28-14-17)32-11-9-20(10-12-32)35-24-23-22(29-16-30-24)21(15-36-23)18-5-7-19(8-6-18)25(33)31(2)34-3/h5-8,13-16,20H,4,9-12H2,1-3H3. The van der Waals surface area contributed by atoms with Crippen molar-refractivity contribution >= 4 is 33.4 Å². The first kappa shape index (κ1) is 24.1. The Morgan fingerprint density at radius 2 is 1.83 bits per heavy atom. The van der Waals surface area contributed by atoms with Gasteiger partial charge in [-0.05, 0) is 29.7 Å². The molecule has 36 heavy (non-hydrogen) atoms. The molecule has 4 aromatic rings. The first-order chi connectivity index (χ1) is 17.6. The molecule has 0 unspecified atom stereocenters. The van der Waals surface area contributed by atoms with E-state index in [-0.39, 0.29) is 12.0 Å². The molecule has 0 radical (unpaired) electrons. The zero-order valence-electron chi connectivity index (χ0n) is 20.5. The lowest BCUT2D eigenvalue weighted by atomic mass is 10.1. The van der Waals surface area contributed by atoms with Gasteiger partial charge in [-0.1, -0.05) is 19.1 Å². The fourth-order valence-electron chi connectivity index (χ4n) is 4.20. The van der Waals surface area contributed by atoms with Crippen molar-refractivity contribution < 1.29 is 14.4 Å². The monoisotopic (exact) mass is 504 g/mol. The van der Waals surface area contributed by atoms with E-state index in [1.54, 1.807) is 36.8 Å². The predicted molar refractivity (Wildman–Crippen MR) is 139 cm³/mol. The average molecular weight is 505 g/mol. The fourth-order valence-corrected chi connectivity index (χ4v) is 5.16. The molecule has 5 rings (SSSR count). The Bertz CT molecular complexity index is 1330. The van der Waals surface area contributed by atoms with Gasteiger partial charge in [0.05, 0.1) is 12.6 Å².